The molecule has 2 amide bonds. The Morgan fingerprint density at radius 3 is 2.77 bits per heavy atom. The molecular weight excluding hydrogens is 324 g/mol. The SMILES string of the molecule is CCC(=O)Nc1nc(SC)[nH]c(=O)c1NC(=O)c1cccs1. The van der Waals surface area contributed by atoms with Crippen molar-refractivity contribution in [3.8, 4) is 0 Å². The van der Waals surface area contributed by atoms with Crippen LogP contribution in [-0.4, -0.2) is 28.0 Å². The summed E-state index contributed by atoms with van der Waals surface area (Å²) in [5.41, 5.74) is -0.589. The molecule has 0 aliphatic heterocycles. The van der Waals surface area contributed by atoms with E-state index in [0.29, 0.717) is 10.0 Å². The summed E-state index contributed by atoms with van der Waals surface area (Å²) in [7, 11) is 0. The van der Waals surface area contributed by atoms with Crippen LogP contribution < -0.4 is 16.2 Å². The van der Waals surface area contributed by atoms with Crippen LogP contribution in [0.5, 0.6) is 0 Å². The third-order valence-electron chi connectivity index (χ3n) is 2.65. The van der Waals surface area contributed by atoms with Gasteiger partial charge in [0, 0.05) is 6.42 Å². The molecule has 0 aliphatic rings. The smallest absolute Gasteiger partial charge is 0.277 e. The van der Waals surface area contributed by atoms with Gasteiger partial charge in [-0.25, -0.2) is 4.98 Å². The quantitative estimate of drug-likeness (QED) is 0.572. The highest BCUT2D eigenvalue weighted by Crippen LogP contribution is 2.19. The summed E-state index contributed by atoms with van der Waals surface area (Å²) in [5.74, 6) is -0.673. The Hall–Kier alpha value is -2.13. The van der Waals surface area contributed by atoms with Crippen LogP contribution in [0.2, 0.25) is 0 Å². The Kier molecular flexibility index (Phi) is 5.34. The number of H-pyrrole nitrogens is 1. The first-order valence-corrected chi connectivity index (χ1v) is 8.48. The molecule has 2 aromatic rings. The van der Waals surface area contributed by atoms with Crippen LogP contribution in [0, 0.1) is 0 Å². The molecule has 0 bridgehead atoms. The zero-order valence-electron chi connectivity index (χ0n) is 11.9. The van der Waals surface area contributed by atoms with Crippen molar-refractivity contribution in [2.45, 2.75) is 18.5 Å². The summed E-state index contributed by atoms with van der Waals surface area (Å²) >= 11 is 2.48. The van der Waals surface area contributed by atoms with Gasteiger partial charge in [-0.2, -0.15) is 0 Å². The van der Waals surface area contributed by atoms with E-state index >= 15 is 0 Å². The van der Waals surface area contributed by atoms with Gasteiger partial charge in [-0.3, -0.25) is 19.4 Å². The highest BCUT2D eigenvalue weighted by Gasteiger charge is 2.17. The van der Waals surface area contributed by atoms with Crippen LogP contribution in [0.1, 0.15) is 23.0 Å². The van der Waals surface area contributed by atoms with E-state index in [1.54, 1.807) is 30.7 Å². The number of aromatic nitrogens is 2. The Balaban J connectivity index is 2.38. The molecule has 7 nitrogen and oxygen atoms in total. The van der Waals surface area contributed by atoms with Gasteiger partial charge in [-0.05, 0) is 17.7 Å². The van der Waals surface area contributed by atoms with Gasteiger partial charge >= 0.3 is 0 Å². The molecule has 2 aromatic heterocycles. The first-order chi connectivity index (χ1) is 10.5. The number of aromatic amines is 1. The molecule has 0 aromatic carbocycles. The summed E-state index contributed by atoms with van der Waals surface area (Å²) in [6, 6.07) is 3.38. The summed E-state index contributed by atoms with van der Waals surface area (Å²) in [4.78, 5) is 42.9. The lowest BCUT2D eigenvalue weighted by molar-refractivity contribution is -0.115. The number of amides is 2. The third-order valence-corrected chi connectivity index (χ3v) is 4.10. The minimum Gasteiger partial charge on any atom is -0.314 e. The van der Waals surface area contributed by atoms with Gasteiger partial charge < -0.3 is 10.6 Å². The van der Waals surface area contributed by atoms with Crippen LogP contribution >= 0.6 is 23.1 Å². The maximum Gasteiger partial charge on any atom is 0.277 e. The first kappa shape index (κ1) is 16.2. The molecule has 0 spiro atoms. The second kappa shape index (κ2) is 7.23. The lowest BCUT2D eigenvalue weighted by Crippen LogP contribution is -2.24. The summed E-state index contributed by atoms with van der Waals surface area (Å²) in [6.45, 7) is 1.68. The maximum atomic E-state index is 12.1. The van der Waals surface area contributed by atoms with E-state index in [0.717, 1.165) is 0 Å². The molecule has 0 saturated carbocycles. The Morgan fingerprint density at radius 2 is 2.18 bits per heavy atom. The Bertz CT molecular complexity index is 740. The number of nitrogens with zero attached hydrogens (tertiary/aromatic N) is 1. The fourth-order valence-electron chi connectivity index (χ4n) is 1.56. The van der Waals surface area contributed by atoms with E-state index in [1.165, 1.54) is 23.1 Å². The molecule has 22 heavy (non-hydrogen) atoms. The first-order valence-electron chi connectivity index (χ1n) is 6.38. The minimum atomic E-state index is -0.518. The molecule has 0 atom stereocenters. The van der Waals surface area contributed by atoms with Gasteiger partial charge in [-0.1, -0.05) is 24.8 Å². The Labute approximate surface area is 134 Å². The standard InChI is InChI=1S/C13H14N4O3S2/c1-3-8(18)14-10-9(12(20)17-13(16-10)21-2)15-11(19)7-5-4-6-22-7/h4-6H,3H2,1-2H3,(H,15,19)(H2,14,16,17,18,20). The van der Waals surface area contributed by atoms with Crippen molar-refractivity contribution >= 4 is 46.4 Å². The van der Waals surface area contributed by atoms with Crippen molar-refractivity contribution in [3.05, 3.63) is 32.7 Å². The van der Waals surface area contributed by atoms with E-state index in [2.05, 4.69) is 20.6 Å². The molecule has 0 unspecified atom stereocenters. The predicted molar refractivity (Wildman–Crippen MR) is 87.8 cm³/mol. The number of hydrogen-bond donors (Lipinski definition) is 3. The minimum absolute atomic E-state index is 0.0462. The monoisotopic (exact) mass is 338 g/mol. The van der Waals surface area contributed by atoms with Gasteiger partial charge in [0.2, 0.25) is 5.91 Å². The van der Waals surface area contributed by atoms with Gasteiger partial charge in [0.15, 0.2) is 16.7 Å². The predicted octanol–water partition coefficient (Wildman–Crippen LogP) is 2.15. The molecule has 0 aliphatic carbocycles. The zero-order valence-corrected chi connectivity index (χ0v) is 13.6. The lowest BCUT2D eigenvalue weighted by Gasteiger charge is -2.10. The van der Waals surface area contributed by atoms with Crippen molar-refractivity contribution < 1.29 is 9.59 Å². The van der Waals surface area contributed by atoms with E-state index in [9.17, 15) is 14.4 Å². The topological polar surface area (TPSA) is 104 Å². The van der Waals surface area contributed by atoms with Crippen LogP contribution in [0.15, 0.2) is 27.5 Å². The molecule has 0 radical (unpaired) electrons. The highest BCUT2D eigenvalue weighted by molar-refractivity contribution is 7.98. The number of anilines is 2. The van der Waals surface area contributed by atoms with Crippen molar-refractivity contribution in [3.63, 3.8) is 0 Å². The third kappa shape index (κ3) is 3.74. The average Bonchev–Trinajstić information content (AvgIpc) is 3.04. The van der Waals surface area contributed by atoms with E-state index in [-0.39, 0.29) is 23.8 Å². The number of thioether (sulfide) groups is 1. The van der Waals surface area contributed by atoms with Crippen molar-refractivity contribution in [2.24, 2.45) is 0 Å². The van der Waals surface area contributed by atoms with E-state index < -0.39 is 11.5 Å². The molecule has 116 valence electrons. The van der Waals surface area contributed by atoms with Crippen LogP contribution in [0.4, 0.5) is 11.5 Å². The molecule has 2 heterocycles. The molecule has 2 rings (SSSR count). The number of thiophene rings is 1. The van der Waals surface area contributed by atoms with Crippen LogP contribution in [0.25, 0.3) is 0 Å². The zero-order chi connectivity index (χ0) is 16.1. The van der Waals surface area contributed by atoms with Crippen molar-refractivity contribution in [2.75, 3.05) is 16.9 Å². The van der Waals surface area contributed by atoms with Gasteiger partial charge in [-0.15, -0.1) is 11.3 Å². The fourth-order valence-corrected chi connectivity index (χ4v) is 2.56. The second-order valence-electron chi connectivity index (χ2n) is 4.13. The summed E-state index contributed by atoms with van der Waals surface area (Å²) in [6.07, 6.45) is 1.98. The van der Waals surface area contributed by atoms with Crippen LogP contribution in [-0.2, 0) is 4.79 Å². The number of nitrogens with one attached hydrogen (secondary N) is 3. The summed E-state index contributed by atoms with van der Waals surface area (Å²) in [5, 5.41) is 7.15. The second-order valence-corrected chi connectivity index (χ2v) is 5.87. The lowest BCUT2D eigenvalue weighted by atomic mass is 10.3. The Morgan fingerprint density at radius 1 is 1.41 bits per heavy atom. The van der Waals surface area contributed by atoms with E-state index in [1.807, 2.05) is 0 Å². The number of carbonyl (C=O) groups is 2. The molecule has 0 fully saturated rings. The van der Waals surface area contributed by atoms with Crippen LogP contribution in [0.3, 0.4) is 0 Å². The summed E-state index contributed by atoms with van der Waals surface area (Å²) < 4.78 is 0. The molecular formula is C13H14N4O3S2. The molecule has 3 N–H and O–H groups in total. The van der Waals surface area contributed by atoms with E-state index in [4.69, 9.17) is 0 Å². The molecule has 0 saturated heterocycles. The van der Waals surface area contributed by atoms with Gasteiger partial charge in [0.05, 0.1) is 4.88 Å². The van der Waals surface area contributed by atoms with Crippen molar-refractivity contribution in [1.82, 2.24) is 9.97 Å². The number of hydrogen-bond acceptors (Lipinski definition) is 6. The molecule has 9 heteroatoms. The fraction of sp³-hybridized carbons (Fsp3) is 0.231. The largest absolute Gasteiger partial charge is 0.314 e. The number of carbonyl (C=O) groups excluding carboxylic acids is 2. The van der Waals surface area contributed by atoms with Crippen molar-refractivity contribution in [1.29, 1.82) is 0 Å². The number of rotatable bonds is 5. The van der Waals surface area contributed by atoms with Gasteiger partial charge in [0.1, 0.15) is 0 Å². The van der Waals surface area contributed by atoms with Gasteiger partial charge in [0.25, 0.3) is 11.5 Å². The maximum absolute atomic E-state index is 12.1. The normalized spacial score (nSPS) is 10.3. The highest BCUT2D eigenvalue weighted by atomic mass is 32.2. The average molecular weight is 338 g/mol.